The molecule has 1 aromatic carbocycles. The summed E-state index contributed by atoms with van der Waals surface area (Å²) in [6.07, 6.45) is 1.93. The van der Waals surface area contributed by atoms with E-state index in [0.717, 1.165) is 36.6 Å². The maximum absolute atomic E-state index is 13.0. The zero-order valence-electron chi connectivity index (χ0n) is 15.5. The number of piperazine rings is 1. The standard InChI is InChI=1S/C19H25FN6O/c1-24-17(22-23-19(24)14-8-16(21)9-14)11-25-6-7-26(18(27)12-25)10-13-2-4-15(20)5-3-13/h2-5,14,16H,6-12,21H2,1H3. The van der Waals surface area contributed by atoms with Gasteiger partial charge in [0.05, 0.1) is 13.1 Å². The Bertz CT molecular complexity index is 814. The van der Waals surface area contributed by atoms with E-state index < -0.39 is 0 Å². The number of rotatable bonds is 5. The van der Waals surface area contributed by atoms with Crippen molar-refractivity contribution >= 4 is 5.91 Å². The summed E-state index contributed by atoms with van der Waals surface area (Å²) in [5.74, 6) is 2.10. The van der Waals surface area contributed by atoms with Gasteiger partial charge >= 0.3 is 0 Å². The highest BCUT2D eigenvalue weighted by molar-refractivity contribution is 5.79. The highest BCUT2D eigenvalue weighted by Gasteiger charge is 2.32. The van der Waals surface area contributed by atoms with Crippen molar-refractivity contribution in [3.8, 4) is 0 Å². The molecular formula is C19H25FN6O. The third kappa shape index (κ3) is 3.86. The highest BCUT2D eigenvalue weighted by Crippen LogP contribution is 2.34. The van der Waals surface area contributed by atoms with E-state index in [1.54, 1.807) is 12.1 Å². The molecule has 7 nitrogen and oxygen atoms in total. The maximum atomic E-state index is 13.0. The normalized spacial score (nSPS) is 23.5. The fourth-order valence-corrected chi connectivity index (χ4v) is 3.81. The van der Waals surface area contributed by atoms with Crippen molar-refractivity contribution in [1.82, 2.24) is 24.6 Å². The molecule has 1 saturated heterocycles. The van der Waals surface area contributed by atoms with Crippen LogP contribution < -0.4 is 5.73 Å². The molecule has 2 aromatic rings. The molecule has 0 spiro atoms. The average Bonchev–Trinajstić information content (AvgIpc) is 2.97. The van der Waals surface area contributed by atoms with Crippen LogP contribution in [-0.2, 0) is 24.9 Å². The average molecular weight is 372 g/mol. The summed E-state index contributed by atoms with van der Waals surface area (Å²) in [5, 5.41) is 8.67. The number of nitrogens with zero attached hydrogens (tertiary/aromatic N) is 5. The fourth-order valence-electron chi connectivity index (χ4n) is 3.81. The number of benzene rings is 1. The maximum Gasteiger partial charge on any atom is 0.237 e. The molecule has 27 heavy (non-hydrogen) atoms. The summed E-state index contributed by atoms with van der Waals surface area (Å²) >= 11 is 0. The van der Waals surface area contributed by atoms with Gasteiger partial charge in [-0.25, -0.2) is 4.39 Å². The van der Waals surface area contributed by atoms with Crippen LogP contribution >= 0.6 is 0 Å². The molecular weight excluding hydrogens is 347 g/mol. The molecule has 2 N–H and O–H groups in total. The second-order valence-corrected chi connectivity index (χ2v) is 7.61. The van der Waals surface area contributed by atoms with Crippen LogP contribution in [0.1, 0.15) is 36.0 Å². The van der Waals surface area contributed by atoms with E-state index in [1.807, 2.05) is 16.5 Å². The molecule has 4 rings (SSSR count). The number of carbonyl (C=O) groups excluding carboxylic acids is 1. The van der Waals surface area contributed by atoms with Crippen LogP contribution in [0.15, 0.2) is 24.3 Å². The number of carbonyl (C=O) groups is 1. The van der Waals surface area contributed by atoms with E-state index in [4.69, 9.17) is 5.73 Å². The largest absolute Gasteiger partial charge is 0.336 e. The van der Waals surface area contributed by atoms with Crippen molar-refractivity contribution in [2.45, 2.75) is 37.9 Å². The van der Waals surface area contributed by atoms with E-state index in [9.17, 15) is 9.18 Å². The van der Waals surface area contributed by atoms with Gasteiger partial charge in [-0.2, -0.15) is 0 Å². The topological polar surface area (TPSA) is 80.3 Å². The van der Waals surface area contributed by atoms with Crippen LogP contribution in [-0.4, -0.2) is 56.1 Å². The van der Waals surface area contributed by atoms with E-state index >= 15 is 0 Å². The van der Waals surface area contributed by atoms with Crippen LogP contribution in [0.5, 0.6) is 0 Å². The zero-order chi connectivity index (χ0) is 19.0. The molecule has 0 atom stereocenters. The molecule has 2 aliphatic rings. The Balaban J connectivity index is 1.33. The molecule has 1 aliphatic carbocycles. The van der Waals surface area contributed by atoms with Crippen LogP contribution in [0.4, 0.5) is 4.39 Å². The molecule has 1 aliphatic heterocycles. The predicted octanol–water partition coefficient (Wildman–Crippen LogP) is 1.00. The Morgan fingerprint density at radius 2 is 1.89 bits per heavy atom. The van der Waals surface area contributed by atoms with Crippen molar-refractivity contribution in [3.05, 3.63) is 47.3 Å². The second kappa shape index (κ2) is 7.36. The highest BCUT2D eigenvalue weighted by atomic mass is 19.1. The SMILES string of the molecule is Cn1c(CN2CCN(Cc3ccc(F)cc3)C(=O)C2)nnc1C1CC(N)C1. The number of aromatic nitrogens is 3. The summed E-state index contributed by atoms with van der Waals surface area (Å²) in [4.78, 5) is 16.4. The monoisotopic (exact) mass is 372 g/mol. The minimum absolute atomic E-state index is 0.0814. The van der Waals surface area contributed by atoms with Crippen LogP contribution in [0.2, 0.25) is 0 Å². The first-order valence-electron chi connectivity index (χ1n) is 9.38. The van der Waals surface area contributed by atoms with Gasteiger partial charge < -0.3 is 15.2 Å². The van der Waals surface area contributed by atoms with Crippen LogP contribution in [0.25, 0.3) is 0 Å². The Kier molecular flexibility index (Phi) is 4.92. The molecule has 2 fully saturated rings. The van der Waals surface area contributed by atoms with Crippen LogP contribution in [0.3, 0.4) is 0 Å². The summed E-state index contributed by atoms with van der Waals surface area (Å²) in [6.45, 7) is 2.92. The van der Waals surface area contributed by atoms with Gasteiger partial charge in [0.15, 0.2) is 0 Å². The smallest absolute Gasteiger partial charge is 0.237 e. The van der Waals surface area contributed by atoms with Gasteiger partial charge in [-0.3, -0.25) is 9.69 Å². The third-order valence-electron chi connectivity index (χ3n) is 5.59. The van der Waals surface area contributed by atoms with Gasteiger partial charge in [0.2, 0.25) is 5.91 Å². The van der Waals surface area contributed by atoms with Gasteiger partial charge in [-0.1, -0.05) is 12.1 Å². The number of halogens is 1. The molecule has 1 amide bonds. The Hall–Kier alpha value is -2.32. The Morgan fingerprint density at radius 3 is 2.56 bits per heavy atom. The van der Waals surface area contributed by atoms with Crippen molar-refractivity contribution < 1.29 is 9.18 Å². The molecule has 144 valence electrons. The lowest BCUT2D eigenvalue weighted by Gasteiger charge is -2.34. The number of hydrogen-bond acceptors (Lipinski definition) is 5. The lowest BCUT2D eigenvalue weighted by atomic mass is 9.80. The van der Waals surface area contributed by atoms with Gasteiger partial charge in [0, 0.05) is 38.6 Å². The minimum Gasteiger partial charge on any atom is -0.336 e. The molecule has 1 saturated carbocycles. The lowest BCUT2D eigenvalue weighted by Crippen LogP contribution is -2.49. The first-order valence-corrected chi connectivity index (χ1v) is 9.38. The summed E-state index contributed by atoms with van der Waals surface area (Å²) in [6, 6.07) is 6.58. The molecule has 2 heterocycles. The summed E-state index contributed by atoms with van der Waals surface area (Å²) in [7, 11) is 1.99. The molecule has 1 aromatic heterocycles. The van der Waals surface area contributed by atoms with Crippen molar-refractivity contribution in [2.75, 3.05) is 19.6 Å². The number of amides is 1. The lowest BCUT2D eigenvalue weighted by molar-refractivity contribution is -0.136. The predicted molar refractivity (Wildman–Crippen MR) is 98.0 cm³/mol. The van der Waals surface area contributed by atoms with Crippen molar-refractivity contribution in [2.24, 2.45) is 12.8 Å². The Labute approximate surface area is 158 Å². The van der Waals surface area contributed by atoms with E-state index in [2.05, 4.69) is 15.1 Å². The van der Waals surface area contributed by atoms with Crippen LogP contribution in [0, 0.1) is 5.82 Å². The molecule has 0 unspecified atom stereocenters. The first kappa shape index (κ1) is 18.1. The summed E-state index contributed by atoms with van der Waals surface area (Å²) in [5.41, 5.74) is 6.82. The van der Waals surface area contributed by atoms with E-state index in [-0.39, 0.29) is 17.8 Å². The van der Waals surface area contributed by atoms with Gasteiger partial charge in [-0.05, 0) is 30.5 Å². The number of hydrogen-bond donors (Lipinski definition) is 1. The summed E-state index contributed by atoms with van der Waals surface area (Å²) < 4.78 is 15.1. The van der Waals surface area contributed by atoms with Gasteiger partial charge in [0.25, 0.3) is 0 Å². The third-order valence-corrected chi connectivity index (χ3v) is 5.59. The molecule has 0 radical (unpaired) electrons. The van der Waals surface area contributed by atoms with Crippen molar-refractivity contribution in [1.29, 1.82) is 0 Å². The van der Waals surface area contributed by atoms with E-state index in [1.165, 1.54) is 12.1 Å². The van der Waals surface area contributed by atoms with E-state index in [0.29, 0.717) is 32.1 Å². The molecule has 0 bridgehead atoms. The van der Waals surface area contributed by atoms with Gasteiger partial charge in [-0.15, -0.1) is 10.2 Å². The van der Waals surface area contributed by atoms with Crippen molar-refractivity contribution in [3.63, 3.8) is 0 Å². The minimum atomic E-state index is -0.262. The zero-order valence-corrected chi connectivity index (χ0v) is 15.5. The number of nitrogens with two attached hydrogens (primary N) is 1. The Morgan fingerprint density at radius 1 is 1.15 bits per heavy atom. The molecule has 8 heteroatoms. The fraction of sp³-hybridized carbons (Fsp3) is 0.526. The first-order chi connectivity index (χ1) is 13.0. The van der Waals surface area contributed by atoms with Gasteiger partial charge in [0.1, 0.15) is 17.5 Å². The second-order valence-electron chi connectivity index (χ2n) is 7.61. The quantitative estimate of drug-likeness (QED) is 0.847.